The summed E-state index contributed by atoms with van der Waals surface area (Å²) in [6.07, 6.45) is 1.97. The summed E-state index contributed by atoms with van der Waals surface area (Å²) in [5.74, 6) is -0.180. The van der Waals surface area contributed by atoms with Crippen molar-refractivity contribution in [2.45, 2.75) is 47.5 Å². The van der Waals surface area contributed by atoms with Crippen LogP contribution in [0.15, 0.2) is 6.07 Å². The molecular formula is C15H22O2. The van der Waals surface area contributed by atoms with Gasteiger partial charge < -0.3 is 4.74 Å². The Hall–Kier alpha value is -1.31. The number of hydrogen-bond acceptors (Lipinski definition) is 2. The molecule has 17 heavy (non-hydrogen) atoms. The maximum Gasteiger partial charge on any atom is 0.338 e. The van der Waals surface area contributed by atoms with Crippen LogP contribution < -0.4 is 0 Å². The fraction of sp³-hybridized carbons (Fsp3) is 0.533. The van der Waals surface area contributed by atoms with E-state index in [1.54, 1.807) is 0 Å². The van der Waals surface area contributed by atoms with E-state index in [0.717, 1.165) is 40.7 Å². The Labute approximate surface area is 104 Å². The molecule has 0 atom stereocenters. The third kappa shape index (κ3) is 3.09. The van der Waals surface area contributed by atoms with Gasteiger partial charge in [0.2, 0.25) is 0 Å². The maximum atomic E-state index is 12.0. The van der Waals surface area contributed by atoms with Gasteiger partial charge >= 0.3 is 5.97 Å². The van der Waals surface area contributed by atoms with Gasteiger partial charge in [-0.05, 0) is 56.4 Å². The van der Waals surface area contributed by atoms with Crippen LogP contribution in [0, 0.1) is 27.7 Å². The standard InChI is InChI=1S/C15H22O2/c1-6-7-8-17-15(16)14-12(4)10(2)9-11(3)13(14)5/h9H,6-8H2,1-5H3. The number of carbonyl (C=O) groups is 1. The highest BCUT2D eigenvalue weighted by atomic mass is 16.5. The monoisotopic (exact) mass is 234 g/mol. The van der Waals surface area contributed by atoms with Crippen molar-refractivity contribution < 1.29 is 9.53 Å². The minimum absolute atomic E-state index is 0.180. The van der Waals surface area contributed by atoms with Crippen LogP contribution in [0.25, 0.3) is 0 Å². The molecule has 1 rings (SSSR count). The van der Waals surface area contributed by atoms with Crippen LogP contribution >= 0.6 is 0 Å². The second-order valence-corrected chi connectivity index (χ2v) is 4.62. The lowest BCUT2D eigenvalue weighted by Crippen LogP contribution is -2.12. The molecule has 0 fully saturated rings. The largest absolute Gasteiger partial charge is 0.462 e. The van der Waals surface area contributed by atoms with E-state index in [9.17, 15) is 4.79 Å². The van der Waals surface area contributed by atoms with E-state index in [2.05, 4.69) is 13.0 Å². The number of esters is 1. The van der Waals surface area contributed by atoms with Crippen molar-refractivity contribution in [1.82, 2.24) is 0 Å². The van der Waals surface area contributed by atoms with Crippen molar-refractivity contribution in [2.75, 3.05) is 6.61 Å². The Morgan fingerprint density at radius 3 is 2.12 bits per heavy atom. The SMILES string of the molecule is CCCCOC(=O)c1c(C)c(C)cc(C)c1C. The molecule has 0 aliphatic rings. The average molecular weight is 234 g/mol. The van der Waals surface area contributed by atoms with Gasteiger partial charge in [-0.25, -0.2) is 4.79 Å². The Morgan fingerprint density at radius 1 is 1.12 bits per heavy atom. The minimum atomic E-state index is -0.180. The smallest absolute Gasteiger partial charge is 0.338 e. The molecule has 2 heteroatoms. The molecule has 0 heterocycles. The number of rotatable bonds is 4. The molecule has 0 saturated carbocycles. The summed E-state index contributed by atoms with van der Waals surface area (Å²) in [6.45, 7) is 10.6. The molecule has 0 spiro atoms. The van der Waals surface area contributed by atoms with Gasteiger partial charge in [0.15, 0.2) is 0 Å². The lowest BCUT2D eigenvalue weighted by Gasteiger charge is -2.14. The Balaban J connectivity index is 3.00. The molecule has 1 aromatic rings. The van der Waals surface area contributed by atoms with Gasteiger partial charge in [0, 0.05) is 0 Å². The first-order valence-corrected chi connectivity index (χ1v) is 6.23. The number of unbranched alkanes of at least 4 members (excludes halogenated alkanes) is 1. The van der Waals surface area contributed by atoms with E-state index < -0.39 is 0 Å². The maximum absolute atomic E-state index is 12.0. The van der Waals surface area contributed by atoms with Crippen LogP contribution in [0.4, 0.5) is 0 Å². The molecule has 0 amide bonds. The van der Waals surface area contributed by atoms with Crippen molar-refractivity contribution in [1.29, 1.82) is 0 Å². The quantitative estimate of drug-likeness (QED) is 0.584. The van der Waals surface area contributed by atoms with Crippen molar-refractivity contribution in [3.05, 3.63) is 33.9 Å². The number of carbonyl (C=O) groups excluding carboxylic acids is 1. The molecular weight excluding hydrogens is 212 g/mol. The molecule has 0 radical (unpaired) electrons. The van der Waals surface area contributed by atoms with Gasteiger partial charge in [0.1, 0.15) is 0 Å². The topological polar surface area (TPSA) is 26.3 Å². The molecule has 2 nitrogen and oxygen atoms in total. The number of ether oxygens (including phenoxy) is 1. The van der Waals surface area contributed by atoms with Gasteiger partial charge in [-0.15, -0.1) is 0 Å². The van der Waals surface area contributed by atoms with Gasteiger partial charge in [-0.3, -0.25) is 0 Å². The summed E-state index contributed by atoms with van der Waals surface area (Å²) >= 11 is 0. The van der Waals surface area contributed by atoms with Crippen LogP contribution in [0.5, 0.6) is 0 Å². The number of benzene rings is 1. The van der Waals surface area contributed by atoms with Gasteiger partial charge in [-0.2, -0.15) is 0 Å². The summed E-state index contributed by atoms with van der Waals surface area (Å²) in [6, 6.07) is 2.12. The zero-order valence-electron chi connectivity index (χ0n) is 11.5. The van der Waals surface area contributed by atoms with E-state index in [-0.39, 0.29) is 5.97 Å². The number of aryl methyl sites for hydroxylation is 2. The number of hydrogen-bond donors (Lipinski definition) is 0. The minimum Gasteiger partial charge on any atom is -0.462 e. The summed E-state index contributed by atoms with van der Waals surface area (Å²) in [4.78, 5) is 12.0. The third-order valence-corrected chi connectivity index (χ3v) is 3.30. The summed E-state index contributed by atoms with van der Waals surface area (Å²) < 4.78 is 5.30. The average Bonchev–Trinajstić information content (AvgIpc) is 2.27. The molecule has 0 aromatic heterocycles. The molecule has 0 N–H and O–H groups in total. The summed E-state index contributed by atoms with van der Waals surface area (Å²) in [5, 5.41) is 0. The fourth-order valence-corrected chi connectivity index (χ4v) is 1.90. The first-order valence-electron chi connectivity index (χ1n) is 6.23. The van der Waals surface area contributed by atoms with E-state index in [0.29, 0.717) is 6.61 Å². The molecule has 0 unspecified atom stereocenters. The molecule has 0 bridgehead atoms. The van der Waals surface area contributed by atoms with E-state index in [1.165, 1.54) is 0 Å². The van der Waals surface area contributed by atoms with E-state index >= 15 is 0 Å². The van der Waals surface area contributed by atoms with Crippen molar-refractivity contribution in [3.8, 4) is 0 Å². The highest BCUT2D eigenvalue weighted by molar-refractivity contribution is 5.93. The molecule has 1 aromatic carbocycles. The second-order valence-electron chi connectivity index (χ2n) is 4.62. The highest BCUT2D eigenvalue weighted by Gasteiger charge is 2.16. The molecule has 94 valence electrons. The van der Waals surface area contributed by atoms with Crippen LogP contribution in [0.1, 0.15) is 52.4 Å². The molecule has 0 aliphatic carbocycles. The Morgan fingerprint density at radius 2 is 1.65 bits per heavy atom. The summed E-state index contributed by atoms with van der Waals surface area (Å²) in [7, 11) is 0. The lowest BCUT2D eigenvalue weighted by atomic mass is 9.94. The van der Waals surface area contributed by atoms with Crippen molar-refractivity contribution >= 4 is 5.97 Å². The molecule has 0 saturated heterocycles. The van der Waals surface area contributed by atoms with Gasteiger partial charge in [-0.1, -0.05) is 19.4 Å². The second kappa shape index (κ2) is 5.85. The first-order chi connectivity index (χ1) is 7.99. The predicted molar refractivity (Wildman–Crippen MR) is 70.6 cm³/mol. The van der Waals surface area contributed by atoms with Crippen molar-refractivity contribution in [2.24, 2.45) is 0 Å². The van der Waals surface area contributed by atoms with Crippen molar-refractivity contribution in [3.63, 3.8) is 0 Å². The third-order valence-electron chi connectivity index (χ3n) is 3.30. The van der Waals surface area contributed by atoms with Crippen LogP contribution in [-0.4, -0.2) is 12.6 Å². The Kier molecular flexibility index (Phi) is 4.73. The van der Waals surface area contributed by atoms with Gasteiger partial charge in [0.05, 0.1) is 12.2 Å². The molecule has 0 aliphatic heterocycles. The zero-order chi connectivity index (χ0) is 13.0. The lowest BCUT2D eigenvalue weighted by molar-refractivity contribution is 0.0498. The van der Waals surface area contributed by atoms with Crippen LogP contribution in [-0.2, 0) is 4.74 Å². The normalized spacial score (nSPS) is 10.4. The van der Waals surface area contributed by atoms with Crippen LogP contribution in [0.3, 0.4) is 0 Å². The summed E-state index contributed by atoms with van der Waals surface area (Å²) in [5.41, 5.74) is 5.12. The van der Waals surface area contributed by atoms with Gasteiger partial charge in [0.25, 0.3) is 0 Å². The first kappa shape index (κ1) is 13.8. The predicted octanol–water partition coefficient (Wildman–Crippen LogP) is 3.88. The van der Waals surface area contributed by atoms with E-state index in [1.807, 2.05) is 27.7 Å². The highest BCUT2D eigenvalue weighted by Crippen LogP contribution is 2.22. The fourth-order valence-electron chi connectivity index (χ4n) is 1.90. The van der Waals surface area contributed by atoms with E-state index in [4.69, 9.17) is 4.74 Å². The van der Waals surface area contributed by atoms with Crippen LogP contribution in [0.2, 0.25) is 0 Å². The zero-order valence-corrected chi connectivity index (χ0v) is 11.5. The Bertz CT molecular complexity index is 393.